The highest BCUT2D eigenvalue weighted by Gasteiger charge is 2.36. The van der Waals surface area contributed by atoms with E-state index in [1.165, 1.54) is 0 Å². The van der Waals surface area contributed by atoms with Crippen LogP contribution in [0.5, 0.6) is 0 Å². The van der Waals surface area contributed by atoms with E-state index >= 15 is 0 Å². The monoisotopic (exact) mass is 479 g/mol. The van der Waals surface area contributed by atoms with Gasteiger partial charge in [0.15, 0.2) is 0 Å². The molecule has 0 aromatic heterocycles. The highest BCUT2D eigenvalue weighted by molar-refractivity contribution is 6.30. The summed E-state index contributed by atoms with van der Waals surface area (Å²) in [6, 6.07) is 5.56. The van der Waals surface area contributed by atoms with Gasteiger partial charge in [0.2, 0.25) is 11.8 Å². The minimum Gasteiger partial charge on any atom is -0.449 e. The van der Waals surface area contributed by atoms with E-state index in [-0.39, 0.29) is 24.9 Å². The van der Waals surface area contributed by atoms with E-state index in [9.17, 15) is 19.2 Å². The van der Waals surface area contributed by atoms with Crippen molar-refractivity contribution in [3.05, 3.63) is 34.9 Å². The third-order valence-electron chi connectivity index (χ3n) is 5.75. The van der Waals surface area contributed by atoms with Gasteiger partial charge >= 0.3 is 6.09 Å². The van der Waals surface area contributed by atoms with Gasteiger partial charge in [-0.3, -0.25) is 9.59 Å². The topological polar surface area (TPSA) is 114 Å². The number of hydrogen-bond acceptors (Lipinski definition) is 5. The third kappa shape index (κ3) is 7.74. The maximum atomic E-state index is 13.0. The summed E-state index contributed by atoms with van der Waals surface area (Å²) in [6.45, 7) is 9.88. The molecule has 3 atom stereocenters. The molecule has 0 bridgehead atoms. The molecular formula is C24H34ClN3O5. The number of carbonyl (C=O) groups excluding carboxylic acids is 4. The third-order valence-corrected chi connectivity index (χ3v) is 5.99. The summed E-state index contributed by atoms with van der Waals surface area (Å²) in [7, 11) is 0. The summed E-state index contributed by atoms with van der Waals surface area (Å²) >= 11 is 6.07. The van der Waals surface area contributed by atoms with E-state index in [0.29, 0.717) is 24.3 Å². The molecule has 1 aliphatic rings. The number of amides is 3. The van der Waals surface area contributed by atoms with Gasteiger partial charge in [0.1, 0.15) is 18.9 Å². The molecule has 2 rings (SSSR count). The van der Waals surface area contributed by atoms with Crippen LogP contribution in [-0.2, 0) is 24.5 Å². The van der Waals surface area contributed by atoms with Crippen LogP contribution >= 0.6 is 11.6 Å². The summed E-state index contributed by atoms with van der Waals surface area (Å²) < 4.78 is 5.43. The van der Waals surface area contributed by atoms with Crippen LogP contribution in [0.25, 0.3) is 0 Å². The largest absolute Gasteiger partial charge is 0.449 e. The van der Waals surface area contributed by atoms with Crippen LogP contribution in [0.4, 0.5) is 4.79 Å². The normalized spacial score (nSPS) is 18.1. The van der Waals surface area contributed by atoms with Gasteiger partial charge < -0.3 is 25.5 Å². The highest BCUT2D eigenvalue weighted by atomic mass is 35.5. The van der Waals surface area contributed by atoms with E-state index < -0.39 is 34.9 Å². The van der Waals surface area contributed by atoms with Crippen molar-refractivity contribution in [3.8, 4) is 0 Å². The lowest BCUT2D eigenvalue weighted by Gasteiger charge is -2.32. The molecule has 1 aliphatic heterocycles. The Labute approximate surface area is 200 Å². The lowest BCUT2D eigenvalue weighted by Crippen LogP contribution is -2.56. The van der Waals surface area contributed by atoms with E-state index in [2.05, 4.69) is 16.0 Å². The Bertz CT molecular complexity index is 881. The number of halogens is 1. The van der Waals surface area contributed by atoms with Crippen LogP contribution in [-0.4, -0.2) is 49.4 Å². The molecule has 0 radical (unpaired) electrons. The Kier molecular flexibility index (Phi) is 8.89. The first kappa shape index (κ1) is 26.6. The summed E-state index contributed by atoms with van der Waals surface area (Å²) in [6.07, 6.45) is 0.720. The minimum absolute atomic E-state index is 0.0748. The van der Waals surface area contributed by atoms with Crippen molar-refractivity contribution in [2.24, 2.45) is 11.3 Å². The summed E-state index contributed by atoms with van der Waals surface area (Å²) in [5, 5.41) is 8.60. The van der Waals surface area contributed by atoms with Gasteiger partial charge in [-0.05, 0) is 36.0 Å². The molecule has 3 amide bonds. The predicted molar refractivity (Wildman–Crippen MR) is 126 cm³/mol. The SMILES string of the molecule is CC(C)(COC(=O)NC(C(=O)N[C@H](C=O)C[C@@H]1CCNC1=O)C(C)(C)C)c1cccc(Cl)c1. The van der Waals surface area contributed by atoms with Crippen molar-refractivity contribution < 1.29 is 23.9 Å². The van der Waals surface area contributed by atoms with E-state index in [4.69, 9.17) is 16.3 Å². The molecule has 1 fully saturated rings. The quantitative estimate of drug-likeness (QED) is 0.471. The van der Waals surface area contributed by atoms with Crippen molar-refractivity contribution >= 4 is 35.8 Å². The maximum Gasteiger partial charge on any atom is 0.407 e. The number of aldehydes is 1. The smallest absolute Gasteiger partial charge is 0.407 e. The average molecular weight is 480 g/mol. The van der Waals surface area contributed by atoms with E-state index in [1.807, 2.05) is 32.0 Å². The molecule has 0 spiro atoms. The van der Waals surface area contributed by atoms with Crippen LogP contribution < -0.4 is 16.0 Å². The molecule has 1 saturated heterocycles. The van der Waals surface area contributed by atoms with Gasteiger partial charge in [0.05, 0.1) is 6.04 Å². The van der Waals surface area contributed by atoms with Crippen molar-refractivity contribution in [3.63, 3.8) is 0 Å². The van der Waals surface area contributed by atoms with Gasteiger partial charge in [-0.25, -0.2) is 4.79 Å². The first-order valence-corrected chi connectivity index (χ1v) is 11.4. The second kappa shape index (κ2) is 11.0. The van der Waals surface area contributed by atoms with Gasteiger partial charge in [-0.1, -0.05) is 58.4 Å². The first-order valence-electron chi connectivity index (χ1n) is 11.1. The number of nitrogens with one attached hydrogen (secondary N) is 3. The molecule has 0 saturated carbocycles. The zero-order valence-corrected chi connectivity index (χ0v) is 20.6. The van der Waals surface area contributed by atoms with Crippen molar-refractivity contribution in [1.29, 1.82) is 0 Å². The summed E-state index contributed by atoms with van der Waals surface area (Å²) in [5.74, 6) is -0.947. The minimum atomic E-state index is -0.945. The van der Waals surface area contributed by atoms with Gasteiger partial charge in [-0.2, -0.15) is 0 Å². The van der Waals surface area contributed by atoms with Gasteiger partial charge in [0, 0.05) is 22.9 Å². The molecule has 1 unspecified atom stereocenters. The molecule has 1 aromatic carbocycles. The van der Waals surface area contributed by atoms with E-state index in [0.717, 1.165) is 5.56 Å². The fourth-order valence-electron chi connectivity index (χ4n) is 3.66. The molecule has 1 aromatic rings. The molecule has 1 heterocycles. The fraction of sp³-hybridized carbons (Fsp3) is 0.583. The Morgan fingerprint density at radius 2 is 1.94 bits per heavy atom. The molecule has 9 heteroatoms. The van der Waals surface area contributed by atoms with Crippen LogP contribution in [0.15, 0.2) is 24.3 Å². The lowest BCUT2D eigenvalue weighted by atomic mass is 9.85. The molecule has 182 valence electrons. The fourth-order valence-corrected chi connectivity index (χ4v) is 3.85. The second-order valence-electron chi connectivity index (χ2n) is 10.2. The predicted octanol–water partition coefficient (Wildman–Crippen LogP) is 2.97. The molecule has 8 nitrogen and oxygen atoms in total. The Hall–Kier alpha value is -2.61. The van der Waals surface area contributed by atoms with Crippen molar-refractivity contribution in [1.82, 2.24) is 16.0 Å². The van der Waals surface area contributed by atoms with Crippen molar-refractivity contribution in [2.45, 2.75) is 65.0 Å². The summed E-state index contributed by atoms with van der Waals surface area (Å²) in [4.78, 5) is 48.9. The molecular weight excluding hydrogens is 446 g/mol. The Morgan fingerprint density at radius 3 is 2.48 bits per heavy atom. The maximum absolute atomic E-state index is 13.0. The number of alkyl carbamates (subject to hydrolysis) is 1. The molecule has 3 N–H and O–H groups in total. The standard InChI is InChI=1S/C24H34ClN3O5/c1-23(2,3)19(21(31)27-18(13-29)11-15-9-10-26-20(15)30)28-22(32)33-14-24(4,5)16-7-6-8-17(25)12-16/h6-8,12-13,15,18-19H,9-11,14H2,1-5H3,(H,26,30)(H,27,31)(H,28,32)/t15-,18-,19?/m0/s1. The zero-order chi connectivity index (χ0) is 24.8. The zero-order valence-electron chi connectivity index (χ0n) is 19.9. The number of ether oxygens (including phenoxy) is 1. The Balaban J connectivity index is 1.99. The van der Waals surface area contributed by atoms with Gasteiger partial charge in [0.25, 0.3) is 0 Å². The molecule has 33 heavy (non-hydrogen) atoms. The first-order chi connectivity index (χ1) is 15.3. The molecule has 0 aliphatic carbocycles. The van der Waals surface area contributed by atoms with Crippen LogP contribution in [0, 0.1) is 11.3 Å². The second-order valence-corrected chi connectivity index (χ2v) is 10.6. The average Bonchev–Trinajstić information content (AvgIpc) is 3.13. The highest BCUT2D eigenvalue weighted by Crippen LogP contribution is 2.26. The van der Waals surface area contributed by atoms with Crippen molar-refractivity contribution in [2.75, 3.05) is 13.2 Å². The van der Waals surface area contributed by atoms with Crippen LogP contribution in [0.3, 0.4) is 0 Å². The number of benzene rings is 1. The Morgan fingerprint density at radius 1 is 1.24 bits per heavy atom. The van der Waals surface area contributed by atoms with Gasteiger partial charge in [-0.15, -0.1) is 0 Å². The van der Waals surface area contributed by atoms with E-state index in [1.54, 1.807) is 26.8 Å². The number of hydrogen-bond donors (Lipinski definition) is 3. The summed E-state index contributed by atoms with van der Waals surface area (Å²) in [5.41, 5.74) is -0.228. The van der Waals surface area contributed by atoms with Crippen LogP contribution in [0.1, 0.15) is 53.0 Å². The lowest BCUT2D eigenvalue weighted by molar-refractivity contribution is -0.129. The number of rotatable bonds is 9. The van der Waals surface area contributed by atoms with Crippen LogP contribution in [0.2, 0.25) is 5.02 Å². The number of carbonyl (C=O) groups is 4.